The van der Waals surface area contributed by atoms with Crippen LogP contribution in [0.3, 0.4) is 0 Å². The molecule has 0 aliphatic carbocycles. The quantitative estimate of drug-likeness (QED) is 0.0264. The first kappa shape index (κ1) is 101. The van der Waals surface area contributed by atoms with Crippen molar-refractivity contribution in [1.82, 2.24) is 49.7 Å². The number of benzene rings is 4. The topological polar surface area (TPSA) is 413 Å². The number of nitrogens with one attached hydrogen (secondary N) is 2. The number of aryl methyl sites for hydroxylation is 1. The summed E-state index contributed by atoms with van der Waals surface area (Å²) in [6, 6.07) is 33.7. The van der Waals surface area contributed by atoms with Crippen LogP contribution in [0.25, 0.3) is 33.1 Å². The standard InChI is InChI=1S/C18H22O4.C14H20O4.C13H17FO3.C13H21N7O3.C13H20N6O3.C9H18O3.C8H16O3/c1-19-11-15-17(20-2)18(21-3)16(22-15)14-10-6-8-12-7-4-5-9-13(12)14;1-15-9-11-13(16-2)14(17-3)12(18-11)10-7-5-4-6-8-10;1-15-8-10-13(16-2)11(14)12(17-10)9-6-4-3-5-7-9;1-16-7-6(4-21-2)23-12(9(7)22-3)20-5-17-8-10(14)18-13(15)19-11(8)20;1-6-17-11(14)9-12(18-6)19(5-16-9)13-10(20)8(15-2)7(22-13)4-21-3;1-4-7-5-12-8(6-10-2)9(7)11-3;1-6-4-11-7(5-9-2)8(6)10-3/h4-10,15-18H,11H2,1-3H3;4-8,11-14H,9H2,1-3H3;3-7,10-13H,8H2,1-2H3;5-7,9,12,16H,4H2,1-3H3,(H4,14,15,18,19);5,7-8,10,13,15,20H,4H2,1-3H3,(H2,14,17,18);7-9H,4-6H2,1-3H3;6-8H,4-5H2,1-3H3/t15-,16+,17-,18+;11-,12+,13-,14+;10-,11+,12+,13-;6-,7?,9?,12-;7-,8?,10?,13-;7-,8+,9-;6-,7+,8-/m1111100/s1. The molecule has 26 atom stereocenters. The van der Waals surface area contributed by atoms with Crippen molar-refractivity contribution >= 4 is 50.7 Å². The second-order valence-corrected chi connectivity index (χ2v) is 30.8. The summed E-state index contributed by atoms with van der Waals surface area (Å²) < 4.78 is 138. The molecular weight excluding hydrogens is 1630 g/mol. The zero-order valence-corrected chi connectivity index (χ0v) is 75.7. The van der Waals surface area contributed by atoms with Crippen molar-refractivity contribution in [3.63, 3.8) is 0 Å². The van der Waals surface area contributed by atoms with Crippen LogP contribution in [0.5, 0.6) is 0 Å². The predicted molar refractivity (Wildman–Crippen MR) is 465 cm³/mol. The summed E-state index contributed by atoms with van der Waals surface area (Å²) >= 11 is 0. The third kappa shape index (κ3) is 24.8. The Labute approximate surface area is 732 Å². The third-order valence-electron chi connectivity index (χ3n) is 23.1. The Balaban J connectivity index is 0.000000167. The summed E-state index contributed by atoms with van der Waals surface area (Å²) in [5.41, 5.74) is 22.5. The molecule has 4 aromatic heterocycles. The van der Waals surface area contributed by atoms with Gasteiger partial charge in [-0.15, -0.1) is 0 Å². The number of nitrogen functional groups attached to an aromatic ring is 3. The van der Waals surface area contributed by atoms with Crippen LogP contribution in [-0.4, -0.2) is 340 Å². The Bertz CT molecular complexity index is 4390. The SMILES string of the molecule is CC[C@H]1CO[C@H](COC)[C@H]1OC.CNC1C(O)[C@H](n2cnc3c(N)nc(C)nc32)O[C@@H]1COC.CNC1C(OC)[C@H](n2cnc3c(N)nc(N)nc32)O[C@@H]1COC.COC[C@H]1OC[C@H](C)[C@@H]1OC.COC[C@H]1O[C@@H](c2cccc3ccccc23)[C@H](OC)[C@@H]1OC.COC[C@H]1O[C@@H](c2ccccc2)[C@H](F)[C@@H]1OC.COC[C@H]1O[C@@H](c2ccccc2)[C@H](OC)[C@@H]1OC. The van der Waals surface area contributed by atoms with E-state index in [1.807, 2.05) is 79.8 Å². The highest BCUT2D eigenvalue weighted by atomic mass is 19.1. The molecule has 0 radical (unpaired) electrons. The highest BCUT2D eigenvalue weighted by molar-refractivity contribution is 5.86. The number of aliphatic hydroxyl groups is 1. The van der Waals surface area contributed by atoms with Crippen molar-refractivity contribution in [1.29, 1.82) is 0 Å². The lowest BCUT2D eigenvalue weighted by Gasteiger charge is -2.22. The maximum atomic E-state index is 14.2. The number of anilines is 3. The summed E-state index contributed by atoms with van der Waals surface area (Å²) in [6.07, 6.45) is -1.26. The highest BCUT2D eigenvalue weighted by Gasteiger charge is 2.51. The second kappa shape index (κ2) is 51.1. The van der Waals surface area contributed by atoms with Gasteiger partial charge in [0, 0.05) is 118 Å². The van der Waals surface area contributed by atoms with Crippen LogP contribution >= 0.6 is 0 Å². The van der Waals surface area contributed by atoms with Gasteiger partial charge < -0.3 is 137 Å². The molecule has 9 N–H and O–H groups in total. The molecule has 7 aliphatic heterocycles. The zero-order valence-electron chi connectivity index (χ0n) is 75.7. The van der Waals surface area contributed by atoms with Crippen LogP contribution in [0.4, 0.5) is 22.0 Å². The van der Waals surface area contributed by atoms with Crippen LogP contribution in [0, 0.1) is 18.8 Å². The predicted octanol–water partition coefficient (Wildman–Crippen LogP) is 6.99. The van der Waals surface area contributed by atoms with E-state index >= 15 is 0 Å². The fourth-order valence-corrected chi connectivity index (χ4v) is 17.2. The van der Waals surface area contributed by atoms with Crippen molar-refractivity contribution in [3.05, 3.63) is 138 Å². The van der Waals surface area contributed by atoms with Gasteiger partial charge in [-0.2, -0.15) is 9.97 Å². The normalized spacial score (nSPS) is 30.9. The average Bonchev–Trinajstić information content (AvgIpc) is 1.63. The molecule has 0 bridgehead atoms. The Morgan fingerprint density at radius 1 is 0.432 bits per heavy atom. The molecule has 36 nitrogen and oxygen atoms in total. The number of rotatable bonds is 30. The number of ether oxygens (including phenoxy) is 22. The number of methoxy groups -OCH3 is 15. The summed E-state index contributed by atoms with van der Waals surface area (Å²) in [7, 11) is 28.5. The number of likely N-dealkylation sites (N-methyl/N-ethyl adjacent to an activating group) is 2. The Morgan fingerprint density at radius 2 is 0.856 bits per heavy atom. The molecule has 0 saturated carbocycles. The summed E-state index contributed by atoms with van der Waals surface area (Å²) in [6.45, 7) is 11.0. The molecule has 37 heteroatoms. The molecule has 0 spiro atoms. The van der Waals surface area contributed by atoms with E-state index in [-0.39, 0.29) is 122 Å². The van der Waals surface area contributed by atoms with Gasteiger partial charge in [-0.25, -0.2) is 24.3 Å². The monoisotopic (exact) mass is 1760 g/mol. The van der Waals surface area contributed by atoms with Crippen LogP contribution < -0.4 is 27.8 Å². The lowest BCUT2D eigenvalue weighted by Crippen LogP contribution is -2.44. The molecule has 7 fully saturated rings. The number of imidazole rings is 2. The highest BCUT2D eigenvalue weighted by Crippen LogP contribution is 2.43. The van der Waals surface area contributed by atoms with E-state index in [9.17, 15) is 9.50 Å². The number of hydrogen-bond donors (Lipinski definition) is 6. The number of halogens is 1. The van der Waals surface area contributed by atoms with Crippen LogP contribution in [0.2, 0.25) is 0 Å². The molecule has 8 aromatic rings. The van der Waals surface area contributed by atoms with Gasteiger partial charge in [0.05, 0.1) is 96.4 Å². The van der Waals surface area contributed by atoms with E-state index in [0.717, 1.165) is 36.3 Å². The first-order valence-electron chi connectivity index (χ1n) is 41.8. The number of hydrogen-bond acceptors (Lipinski definition) is 34. The molecule has 7 saturated heterocycles. The van der Waals surface area contributed by atoms with Crippen molar-refractivity contribution in [3.8, 4) is 0 Å². The van der Waals surface area contributed by atoms with E-state index in [1.165, 1.54) is 17.9 Å². The molecule has 4 unspecified atom stereocenters. The number of aromatic nitrogens is 8. The van der Waals surface area contributed by atoms with Crippen molar-refractivity contribution in [2.75, 3.05) is 197 Å². The van der Waals surface area contributed by atoms with Gasteiger partial charge in [-0.3, -0.25) is 9.13 Å². The second-order valence-electron chi connectivity index (χ2n) is 30.8. The zero-order chi connectivity index (χ0) is 90.4. The fraction of sp³-hybridized carbons (Fsp3) is 0.636. The molecule has 4 aromatic carbocycles. The van der Waals surface area contributed by atoms with E-state index in [4.69, 9.17) is 121 Å². The van der Waals surface area contributed by atoms with Gasteiger partial charge in [0.15, 0.2) is 41.6 Å². The molecule has 0 amide bonds. The molecule has 125 heavy (non-hydrogen) atoms. The molecular formula is C88H134FN13O23. The number of fused-ring (bicyclic) bond motifs is 3. The van der Waals surface area contributed by atoms with E-state index in [1.54, 1.807) is 135 Å². The van der Waals surface area contributed by atoms with Crippen molar-refractivity contribution in [2.45, 2.75) is 174 Å². The molecule has 7 aliphatic rings. The maximum Gasteiger partial charge on any atom is 0.224 e. The maximum absolute atomic E-state index is 14.2. The summed E-state index contributed by atoms with van der Waals surface area (Å²) in [5, 5.41) is 19.2. The third-order valence-corrected chi connectivity index (χ3v) is 23.1. The van der Waals surface area contributed by atoms with Gasteiger partial charge in [0.2, 0.25) is 5.95 Å². The number of aliphatic hydroxyl groups excluding tert-OH is 1. The largest absolute Gasteiger partial charge is 0.387 e. The lowest BCUT2D eigenvalue weighted by molar-refractivity contribution is -0.0626. The fourth-order valence-electron chi connectivity index (χ4n) is 17.2. The van der Waals surface area contributed by atoms with Crippen LogP contribution in [0.15, 0.2) is 116 Å². The van der Waals surface area contributed by atoms with Crippen molar-refractivity contribution < 1.29 is 114 Å². The minimum Gasteiger partial charge on any atom is -0.387 e. The number of alkyl halides is 1. The van der Waals surface area contributed by atoms with Gasteiger partial charge >= 0.3 is 0 Å². The molecule has 696 valence electrons. The van der Waals surface area contributed by atoms with E-state index < -0.39 is 36.9 Å². The van der Waals surface area contributed by atoms with Gasteiger partial charge in [0.1, 0.15) is 121 Å². The first-order chi connectivity index (χ1) is 60.7. The summed E-state index contributed by atoms with van der Waals surface area (Å²) in [5.74, 6) is 2.19. The summed E-state index contributed by atoms with van der Waals surface area (Å²) in [4.78, 5) is 25.1. The van der Waals surface area contributed by atoms with Gasteiger partial charge in [0.25, 0.3) is 0 Å². The van der Waals surface area contributed by atoms with Crippen molar-refractivity contribution in [2.24, 2.45) is 11.8 Å². The number of nitrogens with zero attached hydrogens (tertiary/aromatic N) is 8. The van der Waals surface area contributed by atoms with Gasteiger partial charge in [-0.05, 0) is 54.9 Å². The smallest absolute Gasteiger partial charge is 0.224 e. The Kier molecular flexibility index (Phi) is 41.4. The molecule has 11 heterocycles. The van der Waals surface area contributed by atoms with Crippen LogP contribution in [-0.2, 0) is 104 Å². The first-order valence-corrected chi connectivity index (χ1v) is 41.8. The van der Waals surface area contributed by atoms with Gasteiger partial charge in [-0.1, -0.05) is 117 Å². The van der Waals surface area contributed by atoms with E-state index in [0.29, 0.717) is 92.1 Å². The Morgan fingerprint density at radius 3 is 1.38 bits per heavy atom. The van der Waals surface area contributed by atoms with Crippen LogP contribution in [0.1, 0.15) is 73.6 Å². The minimum atomic E-state index is -1.16. The molecule has 15 rings (SSSR count). The Hall–Kier alpha value is -7.43. The minimum absolute atomic E-state index is 0.0427. The number of nitrogens with two attached hydrogens (primary N) is 3. The lowest BCUT2D eigenvalue weighted by atomic mass is 9.96. The van der Waals surface area contributed by atoms with E-state index in [2.05, 4.69) is 84.7 Å². The average molecular weight is 1760 g/mol.